The lowest BCUT2D eigenvalue weighted by molar-refractivity contribution is 0.0602. The van der Waals surface area contributed by atoms with Gasteiger partial charge in [0.15, 0.2) is 0 Å². The van der Waals surface area contributed by atoms with E-state index < -0.39 is 5.97 Å². The predicted molar refractivity (Wildman–Crippen MR) is 110 cm³/mol. The molecule has 7 heteroatoms. The lowest BCUT2D eigenvalue weighted by Gasteiger charge is -2.32. The van der Waals surface area contributed by atoms with E-state index in [1.54, 1.807) is 40.5 Å². The van der Waals surface area contributed by atoms with Gasteiger partial charge < -0.3 is 15.0 Å². The number of esters is 1. The quantitative estimate of drug-likeness (QED) is 0.663. The molecule has 1 saturated heterocycles. The highest BCUT2D eigenvalue weighted by Crippen LogP contribution is 2.33. The maximum absolute atomic E-state index is 12.8. The lowest BCUT2D eigenvalue weighted by atomic mass is 9.99. The number of nitrogens with zero attached hydrogens (tertiary/aromatic N) is 2. The lowest BCUT2D eigenvalue weighted by Crippen LogP contribution is -2.41. The second-order valence-electron chi connectivity index (χ2n) is 6.77. The van der Waals surface area contributed by atoms with Gasteiger partial charge in [0.2, 0.25) is 0 Å². The summed E-state index contributed by atoms with van der Waals surface area (Å²) in [6.07, 6.45) is 1.94. The number of rotatable bonds is 3. The molecule has 4 rings (SSSR count). The van der Waals surface area contributed by atoms with Crippen molar-refractivity contribution in [3.63, 3.8) is 0 Å². The standard InChI is InChI=1S/C21H21N3O3S/c1-27-20(25)15-8-2-3-9-16(15)23-21(26)24-12-6-7-14(13-24)19-22-17-10-4-5-11-18(17)28-19/h2-5,8-11,14H,6-7,12-13H2,1H3,(H,23,26)/t14-/m0/s1. The number of carbonyl (C=O) groups is 2. The fraction of sp³-hybridized carbons (Fsp3) is 0.286. The third-order valence-corrected chi connectivity index (χ3v) is 6.14. The van der Waals surface area contributed by atoms with E-state index in [-0.39, 0.29) is 11.9 Å². The molecule has 6 nitrogen and oxygen atoms in total. The molecule has 2 amide bonds. The fourth-order valence-corrected chi connectivity index (χ4v) is 4.60. The Balaban J connectivity index is 1.49. The Labute approximate surface area is 167 Å². The third kappa shape index (κ3) is 3.71. The number of amides is 2. The molecule has 3 aromatic rings. The average molecular weight is 395 g/mol. The van der Waals surface area contributed by atoms with Gasteiger partial charge in [-0.05, 0) is 37.1 Å². The average Bonchev–Trinajstić information content (AvgIpc) is 3.18. The molecule has 1 aliphatic rings. The number of piperidine rings is 1. The van der Waals surface area contributed by atoms with Crippen molar-refractivity contribution >= 4 is 39.2 Å². The smallest absolute Gasteiger partial charge is 0.339 e. The first kappa shape index (κ1) is 18.4. The molecule has 28 heavy (non-hydrogen) atoms. The molecule has 144 valence electrons. The van der Waals surface area contributed by atoms with E-state index in [9.17, 15) is 9.59 Å². The van der Waals surface area contributed by atoms with E-state index in [0.717, 1.165) is 23.4 Å². The molecule has 0 radical (unpaired) electrons. The van der Waals surface area contributed by atoms with Crippen LogP contribution in [0, 0.1) is 0 Å². The maximum atomic E-state index is 12.8. The number of benzene rings is 2. The van der Waals surface area contributed by atoms with Gasteiger partial charge in [0.1, 0.15) is 0 Å². The summed E-state index contributed by atoms with van der Waals surface area (Å²) < 4.78 is 5.97. The van der Waals surface area contributed by atoms with E-state index in [4.69, 9.17) is 9.72 Å². The fourth-order valence-electron chi connectivity index (χ4n) is 3.50. The summed E-state index contributed by atoms with van der Waals surface area (Å²) in [6, 6.07) is 14.8. The second kappa shape index (κ2) is 7.98. The van der Waals surface area contributed by atoms with E-state index in [0.29, 0.717) is 24.3 Å². The van der Waals surface area contributed by atoms with Crippen molar-refractivity contribution in [2.45, 2.75) is 18.8 Å². The molecule has 2 heterocycles. The Morgan fingerprint density at radius 3 is 2.79 bits per heavy atom. The zero-order chi connectivity index (χ0) is 19.5. The molecule has 1 fully saturated rings. The molecule has 0 aliphatic carbocycles. The van der Waals surface area contributed by atoms with Gasteiger partial charge >= 0.3 is 12.0 Å². The molecule has 1 aromatic heterocycles. The zero-order valence-electron chi connectivity index (χ0n) is 15.6. The van der Waals surface area contributed by atoms with Gasteiger partial charge in [-0.25, -0.2) is 14.6 Å². The second-order valence-corrected chi connectivity index (χ2v) is 7.83. The minimum absolute atomic E-state index is 0.206. The van der Waals surface area contributed by atoms with Crippen LogP contribution in [0.1, 0.15) is 34.1 Å². The Morgan fingerprint density at radius 2 is 1.96 bits per heavy atom. The number of hydrogen-bond acceptors (Lipinski definition) is 5. The van der Waals surface area contributed by atoms with Crippen LogP contribution in [0.2, 0.25) is 0 Å². The van der Waals surface area contributed by atoms with Gasteiger partial charge in [0.05, 0.1) is 33.6 Å². The maximum Gasteiger partial charge on any atom is 0.339 e. The van der Waals surface area contributed by atoms with Crippen molar-refractivity contribution in [1.82, 2.24) is 9.88 Å². The number of methoxy groups -OCH3 is 1. The topological polar surface area (TPSA) is 71.5 Å². The molecule has 0 saturated carbocycles. The Kier molecular flexibility index (Phi) is 5.25. The minimum Gasteiger partial charge on any atom is -0.465 e. The van der Waals surface area contributed by atoms with Crippen molar-refractivity contribution < 1.29 is 14.3 Å². The SMILES string of the molecule is COC(=O)c1ccccc1NC(=O)N1CCC[C@H](c2nc3ccccc3s2)C1. The van der Waals surface area contributed by atoms with Crippen LogP contribution in [-0.4, -0.2) is 42.1 Å². The number of urea groups is 1. The van der Waals surface area contributed by atoms with E-state index in [2.05, 4.69) is 11.4 Å². The number of hydrogen-bond donors (Lipinski definition) is 1. The van der Waals surface area contributed by atoms with E-state index in [1.807, 2.05) is 18.2 Å². The molecule has 0 spiro atoms. The van der Waals surface area contributed by atoms with Gasteiger partial charge in [-0.15, -0.1) is 11.3 Å². The largest absolute Gasteiger partial charge is 0.465 e. The van der Waals surface area contributed by atoms with Crippen LogP contribution < -0.4 is 5.32 Å². The summed E-state index contributed by atoms with van der Waals surface area (Å²) in [5, 5.41) is 3.94. The molecule has 0 unspecified atom stereocenters. The molecular formula is C21H21N3O3S. The number of aromatic nitrogens is 1. The van der Waals surface area contributed by atoms with Gasteiger partial charge in [-0.3, -0.25) is 0 Å². The molecule has 0 bridgehead atoms. The first-order valence-electron chi connectivity index (χ1n) is 9.24. The highest BCUT2D eigenvalue weighted by molar-refractivity contribution is 7.18. The van der Waals surface area contributed by atoms with Crippen LogP contribution in [-0.2, 0) is 4.74 Å². The Morgan fingerprint density at radius 1 is 1.18 bits per heavy atom. The normalized spacial score (nSPS) is 16.8. The third-order valence-electron chi connectivity index (χ3n) is 4.94. The van der Waals surface area contributed by atoms with E-state index >= 15 is 0 Å². The summed E-state index contributed by atoms with van der Waals surface area (Å²) in [4.78, 5) is 31.3. The monoisotopic (exact) mass is 395 g/mol. The van der Waals surface area contributed by atoms with E-state index in [1.165, 1.54) is 11.8 Å². The number of anilines is 1. The summed E-state index contributed by atoms with van der Waals surface area (Å²) >= 11 is 1.70. The Bertz CT molecular complexity index is 984. The van der Waals surface area contributed by atoms with Crippen LogP contribution in [0.4, 0.5) is 10.5 Å². The van der Waals surface area contributed by atoms with Crippen LogP contribution >= 0.6 is 11.3 Å². The number of fused-ring (bicyclic) bond motifs is 1. The molecule has 1 atom stereocenters. The number of para-hydroxylation sites is 2. The molecular weight excluding hydrogens is 374 g/mol. The number of likely N-dealkylation sites (tertiary alicyclic amines) is 1. The Hall–Kier alpha value is -2.93. The molecule has 1 aliphatic heterocycles. The van der Waals surface area contributed by atoms with Crippen LogP contribution in [0.25, 0.3) is 10.2 Å². The van der Waals surface area contributed by atoms with Gasteiger partial charge in [0.25, 0.3) is 0 Å². The number of carbonyl (C=O) groups excluding carboxylic acids is 2. The van der Waals surface area contributed by atoms with Crippen LogP contribution in [0.15, 0.2) is 48.5 Å². The van der Waals surface area contributed by atoms with Gasteiger partial charge in [0, 0.05) is 19.0 Å². The van der Waals surface area contributed by atoms with Gasteiger partial charge in [-0.2, -0.15) is 0 Å². The summed E-state index contributed by atoms with van der Waals surface area (Å²) in [7, 11) is 1.33. The van der Waals surface area contributed by atoms with Crippen molar-refractivity contribution in [2.75, 3.05) is 25.5 Å². The highest BCUT2D eigenvalue weighted by atomic mass is 32.1. The van der Waals surface area contributed by atoms with Crippen molar-refractivity contribution in [3.8, 4) is 0 Å². The van der Waals surface area contributed by atoms with Crippen molar-refractivity contribution in [2.24, 2.45) is 0 Å². The van der Waals surface area contributed by atoms with Gasteiger partial charge in [-0.1, -0.05) is 24.3 Å². The molecule has 2 aromatic carbocycles. The summed E-state index contributed by atoms with van der Waals surface area (Å²) in [5.74, 6) is -0.241. The number of ether oxygens (including phenoxy) is 1. The van der Waals surface area contributed by atoms with Crippen molar-refractivity contribution in [3.05, 3.63) is 59.1 Å². The minimum atomic E-state index is -0.470. The van der Waals surface area contributed by atoms with Crippen LogP contribution in [0.5, 0.6) is 0 Å². The highest BCUT2D eigenvalue weighted by Gasteiger charge is 2.27. The van der Waals surface area contributed by atoms with Crippen molar-refractivity contribution in [1.29, 1.82) is 0 Å². The summed E-state index contributed by atoms with van der Waals surface area (Å²) in [6.45, 7) is 1.31. The number of thiazole rings is 1. The molecule has 1 N–H and O–H groups in total. The first-order chi connectivity index (χ1) is 13.7. The van der Waals surface area contributed by atoms with Crippen LogP contribution in [0.3, 0.4) is 0 Å². The zero-order valence-corrected chi connectivity index (χ0v) is 16.4. The number of nitrogens with one attached hydrogen (secondary N) is 1. The predicted octanol–water partition coefficient (Wildman–Crippen LogP) is 4.49. The first-order valence-corrected chi connectivity index (χ1v) is 10.1. The summed E-state index contributed by atoms with van der Waals surface area (Å²) in [5.41, 5.74) is 1.82.